The number of anilines is 1. The Morgan fingerprint density at radius 2 is 1.91 bits per heavy atom. The van der Waals surface area contributed by atoms with E-state index in [1.807, 2.05) is 6.33 Å². The van der Waals surface area contributed by atoms with E-state index < -0.39 is 0 Å². The van der Waals surface area contributed by atoms with Crippen LogP contribution in [0.2, 0.25) is 0 Å². The molecule has 0 aromatic carbocycles. The first-order valence-electron chi connectivity index (χ1n) is 8.61. The van der Waals surface area contributed by atoms with Crippen molar-refractivity contribution in [1.29, 1.82) is 0 Å². The van der Waals surface area contributed by atoms with Crippen molar-refractivity contribution < 1.29 is 0 Å². The summed E-state index contributed by atoms with van der Waals surface area (Å²) in [5.74, 6) is 2.21. The van der Waals surface area contributed by atoms with Crippen LogP contribution in [0.15, 0.2) is 6.33 Å². The summed E-state index contributed by atoms with van der Waals surface area (Å²) in [7, 11) is 0. The van der Waals surface area contributed by atoms with Crippen molar-refractivity contribution in [2.24, 2.45) is 0 Å². The topological polar surface area (TPSA) is 72.6 Å². The summed E-state index contributed by atoms with van der Waals surface area (Å²) in [6.07, 6.45) is 5.84. The van der Waals surface area contributed by atoms with Crippen molar-refractivity contribution in [3.8, 4) is 0 Å². The van der Waals surface area contributed by atoms with Crippen molar-refractivity contribution in [1.82, 2.24) is 29.9 Å². The summed E-state index contributed by atoms with van der Waals surface area (Å²) in [4.78, 5) is 7.00. The van der Waals surface area contributed by atoms with Crippen LogP contribution in [0.25, 0.3) is 0 Å². The molecule has 0 amide bonds. The highest BCUT2D eigenvalue weighted by Crippen LogP contribution is 2.27. The third kappa shape index (κ3) is 3.18. The Bertz CT molecular complexity index is 652. The van der Waals surface area contributed by atoms with E-state index in [9.17, 15) is 0 Å². The van der Waals surface area contributed by atoms with E-state index in [4.69, 9.17) is 4.98 Å². The van der Waals surface area contributed by atoms with Gasteiger partial charge in [-0.05, 0) is 32.6 Å². The quantitative estimate of drug-likeness (QED) is 0.840. The van der Waals surface area contributed by atoms with E-state index in [2.05, 4.69) is 50.6 Å². The van der Waals surface area contributed by atoms with E-state index >= 15 is 0 Å². The molecule has 1 fully saturated rings. The number of hydrogen-bond donors (Lipinski definition) is 0. The van der Waals surface area contributed by atoms with E-state index in [-0.39, 0.29) is 0 Å². The van der Waals surface area contributed by atoms with Crippen LogP contribution in [0.3, 0.4) is 0 Å². The van der Waals surface area contributed by atoms with Gasteiger partial charge in [-0.1, -0.05) is 13.8 Å². The predicted octanol–water partition coefficient (Wildman–Crippen LogP) is 1.99. The zero-order valence-electron chi connectivity index (χ0n) is 14.2. The zero-order chi connectivity index (χ0) is 16.2. The Morgan fingerprint density at radius 3 is 2.65 bits per heavy atom. The highest BCUT2D eigenvalue weighted by atomic mass is 15.3. The van der Waals surface area contributed by atoms with E-state index in [0.717, 1.165) is 68.5 Å². The van der Waals surface area contributed by atoms with Crippen LogP contribution in [0.1, 0.15) is 56.7 Å². The molecule has 1 atom stereocenters. The normalized spacial score (nSPS) is 18.4. The minimum atomic E-state index is 0.380. The Labute approximate surface area is 137 Å². The fraction of sp³-hybridized carbons (Fsp3) is 0.688. The molecule has 2 aromatic heterocycles. The first-order chi connectivity index (χ1) is 11.3. The second-order valence-corrected chi connectivity index (χ2v) is 5.97. The maximum absolute atomic E-state index is 4.75. The third-order valence-corrected chi connectivity index (χ3v) is 4.55. The Hall–Kier alpha value is -2.05. The highest BCUT2D eigenvalue weighted by Gasteiger charge is 2.27. The van der Waals surface area contributed by atoms with Gasteiger partial charge in [0.25, 0.3) is 0 Å². The number of piperidine rings is 1. The minimum absolute atomic E-state index is 0.380. The number of hydrogen-bond acceptors (Lipinski definition) is 6. The lowest BCUT2D eigenvalue weighted by Gasteiger charge is -2.32. The minimum Gasteiger partial charge on any atom is -0.339 e. The standard InChI is InChI=1S/C16H25N7/c1-4-13-14(5-2)19-21-16(18-13)23-9-7-8-12(10-23)15-20-17-11-22(15)6-3/h11-12H,4-10H2,1-3H3. The molecule has 0 radical (unpaired) electrons. The number of aryl methyl sites for hydroxylation is 3. The van der Waals surface area contributed by atoms with Crippen molar-refractivity contribution >= 4 is 5.95 Å². The molecule has 0 aliphatic carbocycles. The van der Waals surface area contributed by atoms with Crippen LogP contribution in [0, 0.1) is 0 Å². The molecule has 2 aromatic rings. The molecule has 1 saturated heterocycles. The number of nitrogens with zero attached hydrogens (tertiary/aromatic N) is 7. The molecule has 0 N–H and O–H groups in total. The van der Waals surface area contributed by atoms with Crippen molar-refractivity contribution in [3.05, 3.63) is 23.5 Å². The SMILES string of the molecule is CCc1nnc(N2CCCC(c3nncn3CC)C2)nc1CC. The van der Waals surface area contributed by atoms with Crippen LogP contribution in [0.4, 0.5) is 5.95 Å². The van der Waals surface area contributed by atoms with Gasteiger partial charge < -0.3 is 9.47 Å². The molecule has 23 heavy (non-hydrogen) atoms. The van der Waals surface area contributed by atoms with Crippen LogP contribution < -0.4 is 4.90 Å². The molecule has 7 heteroatoms. The maximum Gasteiger partial charge on any atom is 0.245 e. The van der Waals surface area contributed by atoms with E-state index in [1.165, 1.54) is 0 Å². The molecule has 1 aliphatic rings. The van der Waals surface area contributed by atoms with Gasteiger partial charge in [0.2, 0.25) is 5.95 Å². The van der Waals surface area contributed by atoms with Gasteiger partial charge in [0.1, 0.15) is 12.2 Å². The first-order valence-corrected chi connectivity index (χ1v) is 8.61. The van der Waals surface area contributed by atoms with Crippen LogP contribution in [-0.4, -0.2) is 43.0 Å². The summed E-state index contributed by atoms with van der Waals surface area (Å²) in [6, 6.07) is 0. The van der Waals surface area contributed by atoms with Crippen molar-refractivity contribution in [2.45, 2.75) is 58.9 Å². The maximum atomic E-state index is 4.75. The summed E-state index contributed by atoms with van der Waals surface area (Å²) in [5.41, 5.74) is 2.08. The fourth-order valence-electron chi connectivity index (χ4n) is 3.26. The molecule has 0 bridgehead atoms. The van der Waals surface area contributed by atoms with Gasteiger partial charge in [-0.3, -0.25) is 0 Å². The third-order valence-electron chi connectivity index (χ3n) is 4.55. The first kappa shape index (κ1) is 15.8. The Balaban J connectivity index is 1.81. The lowest BCUT2D eigenvalue weighted by Crippen LogP contribution is -2.37. The molecule has 0 spiro atoms. The molecule has 0 saturated carbocycles. The van der Waals surface area contributed by atoms with Gasteiger partial charge >= 0.3 is 0 Å². The summed E-state index contributed by atoms with van der Waals surface area (Å²) >= 11 is 0. The van der Waals surface area contributed by atoms with Crippen LogP contribution >= 0.6 is 0 Å². The summed E-state index contributed by atoms with van der Waals surface area (Å²) in [5, 5.41) is 17.1. The Kier molecular flexibility index (Phi) is 4.83. The molecule has 3 rings (SSSR count). The van der Waals surface area contributed by atoms with Gasteiger partial charge in [0.15, 0.2) is 0 Å². The van der Waals surface area contributed by atoms with Crippen LogP contribution in [0.5, 0.6) is 0 Å². The van der Waals surface area contributed by atoms with E-state index in [0.29, 0.717) is 5.92 Å². The van der Waals surface area contributed by atoms with Crippen molar-refractivity contribution in [3.63, 3.8) is 0 Å². The Morgan fingerprint density at radius 1 is 1.09 bits per heavy atom. The highest BCUT2D eigenvalue weighted by molar-refractivity contribution is 5.32. The molecule has 124 valence electrons. The van der Waals surface area contributed by atoms with Gasteiger partial charge in [-0.2, -0.15) is 5.10 Å². The largest absolute Gasteiger partial charge is 0.339 e. The summed E-state index contributed by atoms with van der Waals surface area (Å²) in [6.45, 7) is 9.11. The lowest BCUT2D eigenvalue weighted by molar-refractivity contribution is 0.466. The van der Waals surface area contributed by atoms with Gasteiger partial charge in [-0.15, -0.1) is 15.3 Å². The van der Waals surface area contributed by atoms with Crippen molar-refractivity contribution in [2.75, 3.05) is 18.0 Å². The van der Waals surface area contributed by atoms with E-state index in [1.54, 1.807) is 0 Å². The average molecular weight is 315 g/mol. The lowest BCUT2D eigenvalue weighted by atomic mass is 9.97. The van der Waals surface area contributed by atoms with Gasteiger partial charge in [-0.25, -0.2) is 4.98 Å². The average Bonchev–Trinajstić information content (AvgIpc) is 3.10. The fourth-order valence-corrected chi connectivity index (χ4v) is 3.26. The smallest absolute Gasteiger partial charge is 0.245 e. The van der Waals surface area contributed by atoms with Gasteiger partial charge in [0.05, 0.1) is 11.4 Å². The number of rotatable bonds is 5. The molecule has 1 unspecified atom stereocenters. The molecular weight excluding hydrogens is 290 g/mol. The second-order valence-electron chi connectivity index (χ2n) is 5.97. The van der Waals surface area contributed by atoms with Gasteiger partial charge in [0, 0.05) is 25.6 Å². The predicted molar refractivity (Wildman–Crippen MR) is 88.5 cm³/mol. The molecule has 3 heterocycles. The second kappa shape index (κ2) is 7.02. The molecular formula is C16H25N7. The van der Waals surface area contributed by atoms with Crippen LogP contribution in [-0.2, 0) is 19.4 Å². The zero-order valence-corrected chi connectivity index (χ0v) is 14.2. The number of aromatic nitrogens is 6. The molecule has 7 nitrogen and oxygen atoms in total. The monoisotopic (exact) mass is 315 g/mol. The molecule has 1 aliphatic heterocycles. The summed E-state index contributed by atoms with van der Waals surface area (Å²) < 4.78 is 2.13.